The maximum absolute atomic E-state index is 10.3. The molecule has 0 saturated carbocycles. The van der Waals surface area contributed by atoms with Gasteiger partial charge in [0.05, 0.1) is 0 Å². The number of aryl methyl sites for hydroxylation is 2. The molecule has 0 spiro atoms. The Bertz CT molecular complexity index is 491. The van der Waals surface area contributed by atoms with E-state index in [1.807, 2.05) is 6.92 Å². The third kappa shape index (κ3) is 10.8. The standard InChI is InChI=1S/C26H46O/c1-5-7-8-9-10-11-12-13-14-15-16-17-18-24(6-2)21-25-20-22(3)19-23(4)26(25)27/h19-20,24,27H,5-18,21H2,1-4H3. The van der Waals surface area contributed by atoms with Crippen molar-refractivity contribution in [3.05, 3.63) is 28.8 Å². The Balaban J connectivity index is 2.09. The van der Waals surface area contributed by atoms with Gasteiger partial charge in [-0.15, -0.1) is 0 Å². The van der Waals surface area contributed by atoms with Crippen molar-refractivity contribution in [3.8, 4) is 5.75 Å². The Labute approximate surface area is 170 Å². The Hall–Kier alpha value is -0.980. The summed E-state index contributed by atoms with van der Waals surface area (Å²) in [4.78, 5) is 0. The second-order valence-corrected chi connectivity index (χ2v) is 8.75. The van der Waals surface area contributed by atoms with Crippen LogP contribution in [0.25, 0.3) is 0 Å². The minimum Gasteiger partial charge on any atom is -0.507 e. The van der Waals surface area contributed by atoms with Crippen molar-refractivity contribution in [3.63, 3.8) is 0 Å². The van der Waals surface area contributed by atoms with Gasteiger partial charge in [0.15, 0.2) is 0 Å². The van der Waals surface area contributed by atoms with E-state index < -0.39 is 0 Å². The van der Waals surface area contributed by atoms with E-state index in [2.05, 4.69) is 32.9 Å². The van der Waals surface area contributed by atoms with E-state index in [9.17, 15) is 5.11 Å². The van der Waals surface area contributed by atoms with Gasteiger partial charge < -0.3 is 5.11 Å². The second kappa shape index (κ2) is 15.0. The van der Waals surface area contributed by atoms with Gasteiger partial charge in [0.2, 0.25) is 0 Å². The number of hydrogen-bond donors (Lipinski definition) is 1. The third-order valence-electron chi connectivity index (χ3n) is 6.08. The molecule has 0 bridgehead atoms. The predicted molar refractivity (Wildman–Crippen MR) is 121 cm³/mol. The van der Waals surface area contributed by atoms with Crippen molar-refractivity contribution in [1.82, 2.24) is 0 Å². The lowest BCUT2D eigenvalue weighted by molar-refractivity contribution is 0.417. The molecule has 1 atom stereocenters. The quantitative estimate of drug-likeness (QED) is 0.287. The smallest absolute Gasteiger partial charge is 0.121 e. The van der Waals surface area contributed by atoms with Crippen molar-refractivity contribution in [1.29, 1.82) is 0 Å². The molecule has 1 N–H and O–H groups in total. The molecule has 0 aliphatic carbocycles. The van der Waals surface area contributed by atoms with Crippen LogP contribution in [-0.4, -0.2) is 5.11 Å². The number of unbranched alkanes of at least 4 members (excludes halogenated alkanes) is 11. The first-order valence-electron chi connectivity index (χ1n) is 11.9. The van der Waals surface area contributed by atoms with Crippen LogP contribution in [-0.2, 0) is 6.42 Å². The summed E-state index contributed by atoms with van der Waals surface area (Å²) in [6, 6.07) is 4.25. The van der Waals surface area contributed by atoms with Crippen LogP contribution < -0.4 is 0 Å². The van der Waals surface area contributed by atoms with E-state index in [1.54, 1.807) is 0 Å². The first-order valence-corrected chi connectivity index (χ1v) is 11.9. The van der Waals surface area contributed by atoms with Gasteiger partial charge in [-0.05, 0) is 37.3 Å². The van der Waals surface area contributed by atoms with Crippen molar-refractivity contribution in [2.45, 2.75) is 124 Å². The normalized spacial score (nSPS) is 12.4. The molecule has 1 nitrogen and oxygen atoms in total. The SMILES string of the molecule is CCCCCCCCCCCCCCC(CC)Cc1cc(C)cc(C)c1O. The highest BCUT2D eigenvalue weighted by Crippen LogP contribution is 2.29. The van der Waals surface area contributed by atoms with Gasteiger partial charge in [0, 0.05) is 0 Å². The van der Waals surface area contributed by atoms with Crippen LogP contribution in [0.15, 0.2) is 12.1 Å². The van der Waals surface area contributed by atoms with Crippen LogP contribution in [0.2, 0.25) is 0 Å². The van der Waals surface area contributed by atoms with E-state index in [1.165, 1.54) is 95.5 Å². The maximum Gasteiger partial charge on any atom is 0.121 e. The van der Waals surface area contributed by atoms with E-state index in [4.69, 9.17) is 0 Å². The summed E-state index contributed by atoms with van der Waals surface area (Å²) < 4.78 is 0. The molecule has 0 amide bonds. The van der Waals surface area contributed by atoms with Crippen molar-refractivity contribution < 1.29 is 5.11 Å². The average molecular weight is 375 g/mol. The molecule has 0 saturated heterocycles. The summed E-state index contributed by atoms with van der Waals surface area (Å²) in [7, 11) is 0. The van der Waals surface area contributed by atoms with Gasteiger partial charge in [0.1, 0.15) is 5.75 Å². The minimum absolute atomic E-state index is 0.522. The monoisotopic (exact) mass is 374 g/mol. The second-order valence-electron chi connectivity index (χ2n) is 8.75. The van der Waals surface area contributed by atoms with Crippen LogP contribution >= 0.6 is 0 Å². The lowest BCUT2D eigenvalue weighted by Crippen LogP contribution is -2.04. The maximum atomic E-state index is 10.3. The number of hydrogen-bond acceptors (Lipinski definition) is 1. The van der Waals surface area contributed by atoms with Gasteiger partial charge in [-0.25, -0.2) is 0 Å². The van der Waals surface area contributed by atoms with Gasteiger partial charge in [-0.3, -0.25) is 0 Å². The molecule has 1 heteroatoms. The van der Waals surface area contributed by atoms with Gasteiger partial charge in [-0.1, -0.05) is 121 Å². The molecule has 1 aromatic carbocycles. The molecular weight excluding hydrogens is 328 g/mol. The van der Waals surface area contributed by atoms with Gasteiger partial charge in [0.25, 0.3) is 0 Å². The minimum atomic E-state index is 0.522. The van der Waals surface area contributed by atoms with Crippen LogP contribution in [0.5, 0.6) is 5.75 Å². The van der Waals surface area contributed by atoms with E-state index >= 15 is 0 Å². The van der Waals surface area contributed by atoms with E-state index in [0.717, 1.165) is 17.5 Å². The summed E-state index contributed by atoms with van der Waals surface area (Å²) in [5.74, 6) is 1.23. The molecule has 0 aliphatic heterocycles. The zero-order valence-electron chi connectivity index (χ0n) is 18.8. The topological polar surface area (TPSA) is 20.2 Å². The highest BCUT2D eigenvalue weighted by atomic mass is 16.3. The van der Waals surface area contributed by atoms with Crippen molar-refractivity contribution in [2.75, 3.05) is 0 Å². The molecule has 156 valence electrons. The molecule has 1 rings (SSSR count). The summed E-state index contributed by atoms with van der Waals surface area (Å²) in [5, 5.41) is 10.3. The van der Waals surface area contributed by atoms with Gasteiger partial charge in [-0.2, -0.15) is 0 Å². The Kier molecular flexibility index (Phi) is 13.4. The molecule has 0 radical (unpaired) electrons. The van der Waals surface area contributed by atoms with Crippen molar-refractivity contribution in [2.24, 2.45) is 5.92 Å². The Morgan fingerprint density at radius 2 is 1.26 bits per heavy atom. The summed E-state index contributed by atoms with van der Waals surface area (Å²) in [6.07, 6.45) is 20.5. The summed E-state index contributed by atoms with van der Waals surface area (Å²) in [5.41, 5.74) is 3.43. The lowest BCUT2D eigenvalue weighted by atomic mass is 9.89. The molecule has 27 heavy (non-hydrogen) atoms. The van der Waals surface area contributed by atoms with Crippen LogP contribution in [0.3, 0.4) is 0 Å². The fourth-order valence-corrected chi connectivity index (χ4v) is 4.24. The number of phenols is 1. The summed E-state index contributed by atoms with van der Waals surface area (Å²) >= 11 is 0. The molecule has 1 unspecified atom stereocenters. The largest absolute Gasteiger partial charge is 0.507 e. The van der Waals surface area contributed by atoms with Gasteiger partial charge >= 0.3 is 0 Å². The zero-order valence-corrected chi connectivity index (χ0v) is 18.8. The number of benzene rings is 1. The highest BCUT2D eigenvalue weighted by molar-refractivity contribution is 5.42. The van der Waals surface area contributed by atoms with E-state index in [0.29, 0.717) is 11.7 Å². The number of phenolic OH excluding ortho intramolecular Hbond substituents is 1. The number of rotatable bonds is 16. The first-order chi connectivity index (χ1) is 13.1. The Morgan fingerprint density at radius 3 is 1.78 bits per heavy atom. The Morgan fingerprint density at radius 1 is 0.741 bits per heavy atom. The van der Waals surface area contributed by atoms with E-state index in [-0.39, 0.29) is 0 Å². The lowest BCUT2D eigenvalue weighted by Gasteiger charge is -2.17. The number of aromatic hydroxyl groups is 1. The molecule has 0 fully saturated rings. The van der Waals surface area contributed by atoms with Crippen LogP contribution in [0.1, 0.15) is 120 Å². The summed E-state index contributed by atoms with van der Waals surface area (Å²) in [6.45, 7) is 8.72. The van der Waals surface area contributed by atoms with Crippen molar-refractivity contribution >= 4 is 0 Å². The molecule has 1 aromatic rings. The predicted octanol–water partition coefficient (Wildman–Crippen LogP) is 8.67. The molecule has 0 aliphatic rings. The third-order valence-corrected chi connectivity index (χ3v) is 6.08. The average Bonchev–Trinajstić information content (AvgIpc) is 2.65. The fraction of sp³-hybridized carbons (Fsp3) is 0.769. The molecular formula is C26H46O. The molecule has 0 heterocycles. The van der Waals surface area contributed by atoms with Crippen LogP contribution in [0, 0.1) is 19.8 Å². The first kappa shape index (κ1) is 24.1. The molecule has 0 aromatic heterocycles. The van der Waals surface area contributed by atoms with Crippen LogP contribution in [0.4, 0.5) is 0 Å². The fourth-order valence-electron chi connectivity index (χ4n) is 4.24. The highest BCUT2D eigenvalue weighted by Gasteiger charge is 2.12. The zero-order chi connectivity index (χ0) is 19.9.